The first-order valence-electron chi connectivity index (χ1n) is 25.7. The Kier molecular flexibility index (Phi) is 40.0. The zero-order valence-electron chi connectivity index (χ0n) is 39.0. The van der Waals surface area contributed by atoms with Gasteiger partial charge in [-0.3, -0.25) is 4.18 Å². The Labute approximate surface area is 372 Å². The van der Waals surface area contributed by atoms with E-state index in [2.05, 4.69) is 18.6 Å². The molecule has 0 saturated carbocycles. The quantitative estimate of drug-likeness (QED) is 0.0294. The number of hydrogen-bond acceptors (Lipinski definition) is 9. The van der Waals surface area contributed by atoms with E-state index in [1.165, 1.54) is 180 Å². The molecule has 11 heteroatoms. The van der Waals surface area contributed by atoms with Crippen molar-refractivity contribution in [3.05, 3.63) is 0 Å². The number of aliphatic hydroxyl groups excluding tert-OH is 6. The van der Waals surface area contributed by atoms with Gasteiger partial charge in [0.25, 0.3) is 0 Å². The van der Waals surface area contributed by atoms with Crippen LogP contribution in [0.3, 0.4) is 0 Å². The van der Waals surface area contributed by atoms with Gasteiger partial charge >= 0.3 is 0 Å². The van der Waals surface area contributed by atoms with Gasteiger partial charge in [0, 0.05) is 0 Å². The molecule has 9 unspecified atom stereocenters. The van der Waals surface area contributed by atoms with Crippen molar-refractivity contribution in [1.82, 2.24) is 4.72 Å². The van der Waals surface area contributed by atoms with Gasteiger partial charge < -0.3 is 35.4 Å². The van der Waals surface area contributed by atoms with E-state index in [-0.39, 0.29) is 12.8 Å². The zero-order chi connectivity index (χ0) is 43.9. The van der Waals surface area contributed by atoms with E-state index in [0.717, 1.165) is 38.5 Å². The van der Waals surface area contributed by atoms with Crippen molar-refractivity contribution < 1.29 is 43.8 Å². The fraction of sp³-hybridized carbons (Fsp3) is 1.00. The Bertz CT molecular complexity index is 933. The molecule has 7 N–H and O–H groups in total. The SMILES string of the molecule is CCCCCCCCCCCCCCCCCCCCCCCCOS(=O)NC(CCC1OC(CO)C(O)C(O)C1O)C(O)C(O)CCCCCCCCCCCCCC. The molecule has 1 fully saturated rings. The molecule has 0 aromatic rings. The summed E-state index contributed by atoms with van der Waals surface area (Å²) in [6.45, 7) is 4.31. The third kappa shape index (κ3) is 30.8. The number of unbranched alkanes of at least 4 members (excludes halogenated alkanes) is 32. The number of hydrogen-bond donors (Lipinski definition) is 7. The van der Waals surface area contributed by atoms with Gasteiger partial charge in [0.05, 0.1) is 37.6 Å². The minimum atomic E-state index is -1.91. The Balaban J connectivity index is 2.26. The lowest BCUT2D eigenvalue weighted by Crippen LogP contribution is -2.58. The second kappa shape index (κ2) is 41.5. The molecule has 0 bridgehead atoms. The van der Waals surface area contributed by atoms with Crippen molar-refractivity contribution in [3.63, 3.8) is 0 Å². The van der Waals surface area contributed by atoms with Gasteiger partial charge in [-0.05, 0) is 25.7 Å². The van der Waals surface area contributed by atoms with Gasteiger partial charge in [0.15, 0.2) is 0 Å². The number of rotatable bonds is 45. The first kappa shape index (κ1) is 57.8. The molecule has 1 aliphatic heterocycles. The monoisotopic (exact) mass is 878 g/mol. The van der Waals surface area contributed by atoms with Gasteiger partial charge in [0.1, 0.15) is 24.4 Å². The van der Waals surface area contributed by atoms with Gasteiger partial charge in [-0.2, -0.15) is 0 Å². The zero-order valence-corrected chi connectivity index (χ0v) is 39.8. The van der Waals surface area contributed by atoms with E-state index in [1.54, 1.807) is 0 Å². The van der Waals surface area contributed by atoms with E-state index in [4.69, 9.17) is 8.92 Å². The summed E-state index contributed by atoms with van der Waals surface area (Å²) >= 11 is -1.91. The van der Waals surface area contributed by atoms with Crippen LogP contribution in [0.5, 0.6) is 0 Å². The molecule has 0 aliphatic carbocycles. The standard InChI is InChI=1S/C49H99NO9S/c1-3-5-7-9-11-13-15-17-18-19-20-21-22-23-24-25-26-28-30-32-34-36-40-58-60(57)50-42(38-39-44-47(54)49(56)48(55)45(41-51)59-44)46(53)43(52)37-35-33-31-29-27-16-14-12-10-8-6-4-2/h42-56H,3-41H2,1-2H3. The number of ether oxygens (including phenoxy) is 1. The van der Waals surface area contributed by atoms with E-state index in [0.29, 0.717) is 13.0 Å². The Morgan fingerprint density at radius 2 is 0.850 bits per heavy atom. The van der Waals surface area contributed by atoms with E-state index in [9.17, 15) is 34.8 Å². The number of aliphatic hydroxyl groups is 6. The Hall–Kier alpha value is -0.210. The third-order valence-corrected chi connectivity index (χ3v) is 13.7. The lowest BCUT2D eigenvalue weighted by Gasteiger charge is -2.40. The highest BCUT2D eigenvalue weighted by atomic mass is 32.2. The highest BCUT2D eigenvalue weighted by molar-refractivity contribution is 7.78. The van der Waals surface area contributed by atoms with Crippen molar-refractivity contribution >= 4 is 11.3 Å². The van der Waals surface area contributed by atoms with Crippen LogP contribution < -0.4 is 4.72 Å². The second-order valence-electron chi connectivity index (χ2n) is 18.4. The van der Waals surface area contributed by atoms with E-state index in [1.807, 2.05) is 0 Å². The Morgan fingerprint density at radius 1 is 0.500 bits per heavy atom. The highest BCUT2D eigenvalue weighted by Crippen LogP contribution is 2.26. The van der Waals surface area contributed by atoms with Crippen LogP contribution in [0.25, 0.3) is 0 Å². The van der Waals surface area contributed by atoms with E-state index < -0.39 is 66.6 Å². The van der Waals surface area contributed by atoms with E-state index >= 15 is 0 Å². The molecular formula is C49H99NO9S. The molecule has 1 heterocycles. The topological polar surface area (TPSA) is 169 Å². The van der Waals surface area contributed by atoms with Crippen LogP contribution in [-0.2, 0) is 20.2 Å². The first-order chi connectivity index (χ1) is 29.3. The largest absolute Gasteiger partial charge is 0.394 e. The van der Waals surface area contributed by atoms with Crippen LogP contribution >= 0.6 is 0 Å². The highest BCUT2D eigenvalue weighted by Gasteiger charge is 2.43. The Morgan fingerprint density at radius 3 is 1.23 bits per heavy atom. The van der Waals surface area contributed by atoms with Crippen LogP contribution in [0, 0.1) is 0 Å². The van der Waals surface area contributed by atoms with Crippen molar-refractivity contribution in [2.75, 3.05) is 13.2 Å². The van der Waals surface area contributed by atoms with Gasteiger partial charge in [-0.25, -0.2) is 8.93 Å². The third-order valence-electron chi connectivity index (χ3n) is 12.8. The first-order valence-corrected chi connectivity index (χ1v) is 26.8. The van der Waals surface area contributed by atoms with Crippen LogP contribution in [0.4, 0.5) is 0 Å². The lowest BCUT2D eigenvalue weighted by atomic mass is 9.90. The normalized spacial score (nSPS) is 21.6. The molecule has 1 saturated heterocycles. The maximum Gasteiger partial charge on any atom is 0.234 e. The molecule has 0 aromatic carbocycles. The number of nitrogens with one attached hydrogen (secondary N) is 1. The van der Waals surface area contributed by atoms with Gasteiger partial charge in [0.2, 0.25) is 11.3 Å². The molecule has 0 aromatic heterocycles. The minimum Gasteiger partial charge on any atom is -0.394 e. The molecule has 10 nitrogen and oxygen atoms in total. The smallest absolute Gasteiger partial charge is 0.234 e. The van der Waals surface area contributed by atoms with Crippen LogP contribution in [0.1, 0.15) is 251 Å². The molecule has 0 amide bonds. The fourth-order valence-electron chi connectivity index (χ4n) is 8.70. The molecule has 9 atom stereocenters. The maximum atomic E-state index is 13.0. The average molecular weight is 878 g/mol. The van der Waals surface area contributed by atoms with Crippen molar-refractivity contribution in [3.8, 4) is 0 Å². The maximum absolute atomic E-state index is 13.0. The summed E-state index contributed by atoms with van der Waals surface area (Å²) in [6, 6.07) is -0.838. The molecular weight excluding hydrogens is 779 g/mol. The fourth-order valence-corrected chi connectivity index (χ4v) is 9.54. The van der Waals surface area contributed by atoms with Crippen LogP contribution in [0.2, 0.25) is 0 Å². The average Bonchev–Trinajstić information content (AvgIpc) is 3.25. The molecule has 0 spiro atoms. The van der Waals surface area contributed by atoms with Crippen molar-refractivity contribution in [2.45, 2.75) is 300 Å². The molecule has 60 heavy (non-hydrogen) atoms. The summed E-state index contributed by atoms with van der Waals surface area (Å²) in [4.78, 5) is 0. The summed E-state index contributed by atoms with van der Waals surface area (Å²) in [5, 5.41) is 62.8. The molecule has 1 rings (SSSR count). The lowest BCUT2D eigenvalue weighted by molar-refractivity contribution is -0.230. The second-order valence-corrected chi connectivity index (χ2v) is 19.3. The van der Waals surface area contributed by atoms with Crippen LogP contribution in [0.15, 0.2) is 0 Å². The molecule has 1 aliphatic rings. The summed E-state index contributed by atoms with van der Waals surface area (Å²) in [5.41, 5.74) is 0. The van der Waals surface area contributed by atoms with Crippen LogP contribution in [-0.4, -0.2) is 96.8 Å². The molecule has 0 radical (unpaired) electrons. The van der Waals surface area contributed by atoms with Gasteiger partial charge in [-0.15, -0.1) is 0 Å². The van der Waals surface area contributed by atoms with Crippen molar-refractivity contribution in [2.24, 2.45) is 0 Å². The summed E-state index contributed by atoms with van der Waals surface area (Å²) in [6.07, 6.45) is 35.5. The predicted octanol–water partition coefficient (Wildman–Crippen LogP) is 10.6. The summed E-state index contributed by atoms with van der Waals surface area (Å²) in [7, 11) is 0. The minimum absolute atomic E-state index is 0.123. The summed E-state index contributed by atoms with van der Waals surface area (Å²) in [5.74, 6) is 0. The summed E-state index contributed by atoms with van der Waals surface area (Å²) < 4.78 is 27.1. The molecule has 360 valence electrons. The van der Waals surface area contributed by atoms with Gasteiger partial charge in [-0.1, -0.05) is 226 Å². The predicted molar refractivity (Wildman–Crippen MR) is 249 cm³/mol. The van der Waals surface area contributed by atoms with Crippen molar-refractivity contribution in [1.29, 1.82) is 0 Å².